The Bertz CT molecular complexity index is 434. The Hall–Kier alpha value is -1.75. The number of hydrogen-bond acceptors (Lipinski definition) is 2. The Kier molecular flexibility index (Phi) is 6.15. The molecule has 0 aromatic heterocycles. The molecule has 1 atom stereocenters. The summed E-state index contributed by atoms with van der Waals surface area (Å²) in [5.74, 6) is -1.52. The van der Waals surface area contributed by atoms with Crippen molar-refractivity contribution in [1.82, 2.24) is 10.6 Å². The number of carboxylic acid groups (broad SMARTS) is 1. The van der Waals surface area contributed by atoms with Gasteiger partial charge >= 0.3 is 12.0 Å². The Labute approximate surface area is 117 Å². The summed E-state index contributed by atoms with van der Waals surface area (Å²) in [5, 5.41) is 14.5. The maximum Gasteiger partial charge on any atom is 0.314 e. The van der Waals surface area contributed by atoms with Gasteiger partial charge in [-0.1, -0.05) is 30.7 Å². The number of aliphatic carboxylic acids is 1. The van der Waals surface area contributed by atoms with Crippen LogP contribution in [0.1, 0.15) is 12.5 Å². The third-order valence-electron chi connectivity index (χ3n) is 2.60. The van der Waals surface area contributed by atoms with Crippen LogP contribution >= 0.6 is 11.6 Å². The van der Waals surface area contributed by atoms with Gasteiger partial charge in [-0.05, 0) is 24.1 Å². The zero-order valence-corrected chi connectivity index (χ0v) is 11.4. The molecular weight excluding hydrogens is 268 g/mol. The van der Waals surface area contributed by atoms with Gasteiger partial charge in [0.15, 0.2) is 0 Å². The van der Waals surface area contributed by atoms with Crippen molar-refractivity contribution >= 4 is 23.6 Å². The highest BCUT2D eigenvalue weighted by atomic mass is 35.5. The lowest BCUT2D eigenvalue weighted by Crippen LogP contribution is -2.39. The maximum absolute atomic E-state index is 11.4. The predicted molar refractivity (Wildman–Crippen MR) is 73.4 cm³/mol. The van der Waals surface area contributed by atoms with Crippen LogP contribution in [0.25, 0.3) is 0 Å². The molecule has 3 N–H and O–H groups in total. The van der Waals surface area contributed by atoms with Crippen molar-refractivity contribution in [3.05, 3.63) is 34.9 Å². The van der Waals surface area contributed by atoms with Gasteiger partial charge in [-0.3, -0.25) is 4.79 Å². The molecule has 0 bridgehead atoms. The average molecular weight is 285 g/mol. The van der Waals surface area contributed by atoms with Gasteiger partial charge in [-0.25, -0.2) is 4.79 Å². The number of carbonyl (C=O) groups excluding carboxylic acids is 1. The molecule has 1 rings (SSSR count). The highest BCUT2D eigenvalue weighted by molar-refractivity contribution is 6.30. The first-order valence-electron chi connectivity index (χ1n) is 5.98. The van der Waals surface area contributed by atoms with Gasteiger partial charge in [0.1, 0.15) is 0 Å². The second kappa shape index (κ2) is 7.63. The van der Waals surface area contributed by atoms with E-state index in [0.29, 0.717) is 18.0 Å². The molecule has 1 unspecified atom stereocenters. The van der Waals surface area contributed by atoms with E-state index in [4.69, 9.17) is 16.7 Å². The first-order chi connectivity index (χ1) is 8.99. The normalized spacial score (nSPS) is 11.7. The Balaban J connectivity index is 2.20. The maximum atomic E-state index is 11.4. The zero-order chi connectivity index (χ0) is 14.3. The molecule has 19 heavy (non-hydrogen) atoms. The molecule has 5 nitrogen and oxygen atoms in total. The van der Waals surface area contributed by atoms with Crippen LogP contribution in [0.15, 0.2) is 24.3 Å². The Morgan fingerprint density at radius 3 is 2.47 bits per heavy atom. The monoisotopic (exact) mass is 284 g/mol. The van der Waals surface area contributed by atoms with Crippen LogP contribution in [-0.4, -0.2) is 30.2 Å². The summed E-state index contributed by atoms with van der Waals surface area (Å²) in [6.45, 7) is 2.13. The van der Waals surface area contributed by atoms with E-state index in [2.05, 4.69) is 10.6 Å². The first-order valence-corrected chi connectivity index (χ1v) is 6.36. The molecule has 1 aromatic rings. The summed E-state index contributed by atoms with van der Waals surface area (Å²) in [7, 11) is 0. The third-order valence-corrected chi connectivity index (χ3v) is 2.85. The number of nitrogens with one attached hydrogen (secondary N) is 2. The van der Waals surface area contributed by atoms with Crippen LogP contribution in [0.3, 0.4) is 0 Å². The lowest BCUT2D eigenvalue weighted by atomic mass is 10.1. The van der Waals surface area contributed by atoms with Crippen LogP contribution in [-0.2, 0) is 11.2 Å². The number of carboxylic acids is 1. The molecule has 0 aliphatic rings. The molecule has 0 fully saturated rings. The van der Waals surface area contributed by atoms with E-state index < -0.39 is 11.9 Å². The van der Waals surface area contributed by atoms with Crippen molar-refractivity contribution in [2.75, 3.05) is 13.1 Å². The fourth-order valence-electron chi connectivity index (χ4n) is 1.37. The van der Waals surface area contributed by atoms with Crippen molar-refractivity contribution in [2.45, 2.75) is 13.3 Å². The minimum Gasteiger partial charge on any atom is -0.481 e. The zero-order valence-electron chi connectivity index (χ0n) is 10.6. The smallest absolute Gasteiger partial charge is 0.314 e. The molecule has 1 aromatic carbocycles. The van der Waals surface area contributed by atoms with Gasteiger partial charge in [0.2, 0.25) is 0 Å². The molecular formula is C13H17ClN2O3. The van der Waals surface area contributed by atoms with Crippen LogP contribution in [0.2, 0.25) is 5.02 Å². The lowest BCUT2D eigenvalue weighted by Gasteiger charge is -2.09. The van der Waals surface area contributed by atoms with E-state index in [-0.39, 0.29) is 12.6 Å². The van der Waals surface area contributed by atoms with E-state index in [9.17, 15) is 9.59 Å². The lowest BCUT2D eigenvalue weighted by molar-refractivity contribution is -0.140. The fourth-order valence-corrected chi connectivity index (χ4v) is 1.49. The number of carbonyl (C=O) groups is 2. The van der Waals surface area contributed by atoms with E-state index in [1.807, 2.05) is 12.1 Å². The number of rotatable bonds is 6. The number of amides is 2. The molecule has 0 aliphatic heterocycles. The van der Waals surface area contributed by atoms with E-state index >= 15 is 0 Å². The van der Waals surface area contributed by atoms with E-state index in [1.165, 1.54) is 6.92 Å². The molecule has 2 amide bonds. The van der Waals surface area contributed by atoms with Crippen molar-refractivity contribution in [1.29, 1.82) is 0 Å². The summed E-state index contributed by atoms with van der Waals surface area (Å²) in [6.07, 6.45) is 0.694. The fraction of sp³-hybridized carbons (Fsp3) is 0.385. The largest absolute Gasteiger partial charge is 0.481 e. The van der Waals surface area contributed by atoms with Crippen molar-refractivity contribution < 1.29 is 14.7 Å². The summed E-state index contributed by atoms with van der Waals surface area (Å²) < 4.78 is 0. The van der Waals surface area contributed by atoms with Gasteiger partial charge in [0, 0.05) is 18.1 Å². The molecule has 0 saturated heterocycles. The topological polar surface area (TPSA) is 78.4 Å². The highest BCUT2D eigenvalue weighted by Gasteiger charge is 2.11. The quantitative estimate of drug-likeness (QED) is 0.746. The number of hydrogen-bond donors (Lipinski definition) is 3. The summed E-state index contributed by atoms with van der Waals surface area (Å²) >= 11 is 5.76. The molecule has 0 heterocycles. The van der Waals surface area contributed by atoms with Crippen LogP contribution in [0.4, 0.5) is 4.79 Å². The van der Waals surface area contributed by atoms with E-state index in [1.54, 1.807) is 12.1 Å². The van der Waals surface area contributed by atoms with Gasteiger partial charge in [-0.2, -0.15) is 0 Å². The highest BCUT2D eigenvalue weighted by Crippen LogP contribution is 2.09. The minimum atomic E-state index is -0.929. The molecule has 6 heteroatoms. The molecule has 0 saturated carbocycles. The number of benzene rings is 1. The van der Waals surface area contributed by atoms with Gasteiger partial charge in [0.25, 0.3) is 0 Å². The summed E-state index contributed by atoms with van der Waals surface area (Å²) in [4.78, 5) is 21.9. The number of halogens is 1. The van der Waals surface area contributed by atoms with Gasteiger partial charge in [-0.15, -0.1) is 0 Å². The molecule has 0 aliphatic carbocycles. The number of urea groups is 1. The van der Waals surface area contributed by atoms with Gasteiger partial charge in [0.05, 0.1) is 5.92 Å². The average Bonchev–Trinajstić information content (AvgIpc) is 2.38. The Morgan fingerprint density at radius 2 is 1.89 bits per heavy atom. The minimum absolute atomic E-state index is 0.113. The predicted octanol–water partition coefficient (Wildman–Crippen LogP) is 1.90. The Morgan fingerprint density at radius 1 is 1.26 bits per heavy atom. The standard InChI is InChI=1S/C13H17ClN2O3/c1-9(12(17)18)8-16-13(19)15-7-6-10-2-4-11(14)5-3-10/h2-5,9H,6-8H2,1H3,(H,17,18)(H2,15,16,19). The SMILES string of the molecule is CC(CNC(=O)NCCc1ccc(Cl)cc1)C(=O)O. The van der Waals surface area contributed by atoms with Gasteiger partial charge < -0.3 is 15.7 Å². The first kappa shape index (κ1) is 15.3. The second-order valence-electron chi connectivity index (χ2n) is 4.25. The molecule has 104 valence electrons. The van der Waals surface area contributed by atoms with Crippen molar-refractivity contribution in [3.8, 4) is 0 Å². The summed E-state index contributed by atoms with van der Waals surface area (Å²) in [5.41, 5.74) is 1.07. The van der Waals surface area contributed by atoms with Crippen molar-refractivity contribution in [3.63, 3.8) is 0 Å². The molecule has 0 spiro atoms. The van der Waals surface area contributed by atoms with Crippen LogP contribution in [0.5, 0.6) is 0 Å². The van der Waals surface area contributed by atoms with Crippen molar-refractivity contribution in [2.24, 2.45) is 5.92 Å². The van der Waals surface area contributed by atoms with Crippen LogP contribution in [0, 0.1) is 5.92 Å². The molecule has 0 radical (unpaired) electrons. The second-order valence-corrected chi connectivity index (χ2v) is 4.69. The third kappa shape index (κ3) is 6.10. The summed E-state index contributed by atoms with van der Waals surface area (Å²) in [6, 6.07) is 7.03. The van der Waals surface area contributed by atoms with Crippen LogP contribution < -0.4 is 10.6 Å². The van der Waals surface area contributed by atoms with E-state index in [0.717, 1.165) is 5.56 Å².